The highest BCUT2D eigenvalue weighted by Crippen LogP contribution is 2.31. The molecule has 0 amide bonds. The van der Waals surface area contributed by atoms with Crippen molar-refractivity contribution >= 4 is 21.7 Å². The maximum atomic E-state index is 15.4. The number of aryl methyl sites for hydroxylation is 2. The molecule has 0 aliphatic heterocycles. The summed E-state index contributed by atoms with van der Waals surface area (Å²) in [7, 11) is 0. The second-order valence-electron chi connectivity index (χ2n) is 11.2. The number of benzene rings is 3. The van der Waals surface area contributed by atoms with Crippen molar-refractivity contribution in [3.8, 4) is 11.1 Å². The number of fused-ring (bicyclic) bond motifs is 3. The Labute approximate surface area is 233 Å². The Morgan fingerprint density at radius 2 is 1.15 bits per heavy atom. The van der Waals surface area contributed by atoms with Crippen molar-refractivity contribution < 1.29 is 8.81 Å². The van der Waals surface area contributed by atoms with Gasteiger partial charge in [0.25, 0.3) is 0 Å². The fourth-order valence-corrected chi connectivity index (χ4v) is 5.62. The number of hydrogen-bond donors (Lipinski definition) is 0. The minimum absolute atomic E-state index is 0.0831. The highest BCUT2D eigenvalue weighted by Gasteiger charge is 2.15. The van der Waals surface area contributed by atoms with Crippen LogP contribution in [-0.4, -0.2) is 0 Å². The van der Waals surface area contributed by atoms with E-state index in [9.17, 15) is 4.79 Å². The zero-order chi connectivity index (χ0) is 27.5. The third-order valence-corrected chi connectivity index (χ3v) is 8.06. The standard InChI is InChI=1S/C36H45FO2/c1-3-5-7-9-11-13-15-17-29-22-25-32-31-24-23-30(26-33(31)36(38)39-35(32)34(29)37)28-20-18-27(19-21-28)16-14-12-10-8-6-4-2/h18-26H,3-17H2,1-2H3. The first kappa shape index (κ1) is 29.1. The van der Waals surface area contributed by atoms with Crippen molar-refractivity contribution in [2.24, 2.45) is 0 Å². The van der Waals surface area contributed by atoms with Gasteiger partial charge < -0.3 is 4.42 Å². The van der Waals surface area contributed by atoms with Crippen molar-refractivity contribution in [1.29, 1.82) is 0 Å². The van der Waals surface area contributed by atoms with Gasteiger partial charge >= 0.3 is 5.63 Å². The minimum Gasteiger partial charge on any atom is -0.419 e. The summed E-state index contributed by atoms with van der Waals surface area (Å²) in [5, 5.41) is 1.90. The van der Waals surface area contributed by atoms with Gasteiger partial charge in [-0.25, -0.2) is 9.18 Å². The first-order valence-corrected chi connectivity index (χ1v) is 15.4. The van der Waals surface area contributed by atoms with Crippen LogP contribution in [0.1, 0.15) is 108 Å². The SMILES string of the molecule is CCCCCCCCCc1ccc2c(oc(=O)c3cc(-c4ccc(CCCCCCCC)cc4)ccc32)c1F. The zero-order valence-electron chi connectivity index (χ0n) is 24.0. The van der Waals surface area contributed by atoms with Gasteiger partial charge in [0.2, 0.25) is 0 Å². The summed E-state index contributed by atoms with van der Waals surface area (Å²) >= 11 is 0. The number of unbranched alkanes of at least 4 members (excludes halogenated alkanes) is 11. The Hall–Kier alpha value is -2.94. The predicted molar refractivity (Wildman–Crippen MR) is 164 cm³/mol. The van der Waals surface area contributed by atoms with Gasteiger partial charge in [-0.1, -0.05) is 133 Å². The first-order chi connectivity index (χ1) is 19.1. The Kier molecular flexibility index (Phi) is 11.2. The van der Waals surface area contributed by atoms with Gasteiger partial charge in [0.1, 0.15) is 0 Å². The minimum atomic E-state index is -0.481. The van der Waals surface area contributed by atoms with Crippen molar-refractivity contribution in [3.63, 3.8) is 0 Å². The van der Waals surface area contributed by atoms with Crippen molar-refractivity contribution in [3.05, 3.63) is 82.0 Å². The topological polar surface area (TPSA) is 30.2 Å². The quantitative estimate of drug-likeness (QED) is 0.0822. The lowest BCUT2D eigenvalue weighted by molar-refractivity contribution is 0.521. The largest absolute Gasteiger partial charge is 0.419 e. The number of hydrogen-bond acceptors (Lipinski definition) is 2. The molecule has 0 fully saturated rings. The molecule has 0 aliphatic carbocycles. The second-order valence-corrected chi connectivity index (χ2v) is 11.2. The summed E-state index contributed by atoms with van der Waals surface area (Å²) < 4.78 is 20.9. The summed E-state index contributed by atoms with van der Waals surface area (Å²) in [6.45, 7) is 4.47. The van der Waals surface area contributed by atoms with Crippen molar-refractivity contribution in [2.45, 2.75) is 110 Å². The third-order valence-electron chi connectivity index (χ3n) is 8.06. The van der Waals surface area contributed by atoms with Crippen LogP contribution < -0.4 is 5.63 Å². The Bertz CT molecular complexity index is 1380. The van der Waals surface area contributed by atoms with E-state index in [-0.39, 0.29) is 11.4 Å². The van der Waals surface area contributed by atoms with Crippen LogP contribution in [0.2, 0.25) is 0 Å². The molecule has 0 saturated heterocycles. The summed E-state index contributed by atoms with van der Waals surface area (Å²) in [6.07, 6.45) is 17.9. The molecule has 208 valence electrons. The number of rotatable bonds is 16. The van der Waals surface area contributed by atoms with Crippen LogP contribution >= 0.6 is 0 Å². The fraction of sp³-hybridized carbons (Fsp3) is 0.472. The molecule has 0 spiro atoms. The molecule has 0 saturated carbocycles. The van der Waals surface area contributed by atoms with Gasteiger partial charge in [-0.15, -0.1) is 0 Å². The normalized spacial score (nSPS) is 11.6. The van der Waals surface area contributed by atoms with E-state index < -0.39 is 5.63 Å². The average Bonchev–Trinajstić information content (AvgIpc) is 2.96. The third kappa shape index (κ3) is 7.81. The van der Waals surface area contributed by atoms with Crippen LogP contribution in [0.15, 0.2) is 63.8 Å². The smallest absolute Gasteiger partial charge is 0.344 e. The van der Waals surface area contributed by atoms with Crippen LogP contribution in [0.25, 0.3) is 32.9 Å². The fourth-order valence-electron chi connectivity index (χ4n) is 5.62. The Morgan fingerprint density at radius 1 is 0.590 bits per heavy atom. The molecule has 0 radical (unpaired) electrons. The van der Waals surface area contributed by atoms with Gasteiger partial charge in [-0.05, 0) is 54.0 Å². The van der Waals surface area contributed by atoms with Crippen LogP contribution in [0.5, 0.6) is 0 Å². The maximum Gasteiger partial charge on any atom is 0.344 e. The molecule has 0 atom stereocenters. The van der Waals surface area contributed by atoms with E-state index in [0.29, 0.717) is 22.8 Å². The van der Waals surface area contributed by atoms with E-state index in [2.05, 4.69) is 38.1 Å². The molecule has 0 aliphatic rings. The Morgan fingerprint density at radius 3 is 1.82 bits per heavy atom. The lowest BCUT2D eigenvalue weighted by Crippen LogP contribution is -2.03. The van der Waals surface area contributed by atoms with Crippen LogP contribution in [0.4, 0.5) is 4.39 Å². The first-order valence-electron chi connectivity index (χ1n) is 15.4. The van der Waals surface area contributed by atoms with Crippen LogP contribution in [0, 0.1) is 5.82 Å². The molecule has 3 heteroatoms. The van der Waals surface area contributed by atoms with E-state index in [1.54, 1.807) is 0 Å². The lowest BCUT2D eigenvalue weighted by atomic mass is 9.97. The molecular weight excluding hydrogens is 483 g/mol. The van der Waals surface area contributed by atoms with Gasteiger partial charge in [-0.2, -0.15) is 0 Å². The van der Waals surface area contributed by atoms with E-state index in [1.807, 2.05) is 30.3 Å². The average molecular weight is 529 g/mol. The highest BCUT2D eigenvalue weighted by molar-refractivity contribution is 6.05. The van der Waals surface area contributed by atoms with Crippen molar-refractivity contribution in [1.82, 2.24) is 0 Å². The predicted octanol–water partition coefficient (Wildman–Crippen LogP) is 10.9. The van der Waals surface area contributed by atoms with Crippen molar-refractivity contribution in [2.75, 3.05) is 0 Å². The van der Waals surface area contributed by atoms with Gasteiger partial charge in [0.15, 0.2) is 11.4 Å². The maximum absolute atomic E-state index is 15.4. The lowest BCUT2D eigenvalue weighted by Gasteiger charge is -2.10. The highest BCUT2D eigenvalue weighted by atomic mass is 19.1. The molecule has 0 unspecified atom stereocenters. The molecule has 1 heterocycles. The molecule has 39 heavy (non-hydrogen) atoms. The summed E-state index contributed by atoms with van der Waals surface area (Å²) in [5.74, 6) is -0.387. The summed E-state index contributed by atoms with van der Waals surface area (Å²) in [6, 6.07) is 18.3. The zero-order valence-corrected chi connectivity index (χ0v) is 24.0. The molecule has 0 bridgehead atoms. The van der Waals surface area contributed by atoms with E-state index in [0.717, 1.165) is 35.8 Å². The van der Waals surface area contributed by atoms with E-state index in [1.165, 1.54) is 76.2 Å². The van der Waals surface area contributed by atoms with Gasteiger partial charge in [-0.3, -0.25) is 0 Å². The van der Waals surface area contributed by atoms with E-state index in [4.69, 9.17) is 4.42 Å². The van der Waals surface area contributed by atoms with E-state index >= 15 is 4.39 Å². The number of halogens is 1. The molecule has 1 aromatic heterocycles. The molecular formula is C36H45FO2. The van der Waals surface area contributed by atoms with Crippen LogP contribution in [-0.2, 0) is 12.8 Å². The molecule has 0 N–H and O–H groups in total. The van der Waals surface area contributed by atoms with Gasteiger partial charge in [0, 0.05) is 10.8 Å². The molecule has 4 aromatic rings. The summed E-state index contributed by atoms with van der Waals surface area (Å²) in [4.78, 5) is 13.0. The second kappa shape index (κ2) is 15.0. The monoisotopic (exact) mass is 528 g/mol. The van der Waals surface area contributed by atoms with Gasteiger partial charge in [0.05, 0.1) is 5.39 Å². The summed E-state index contributed by atoms with van der Waals surface area (Å²) in [5.41, 5.74) is 3.63. The Balaban J connectivity index is 1.44. The molecule has 2 nitrogen and oxygen atoms in total. The van der Waals surface area contributed by atoms with Crippen LogP contribution in [0.3, 0.4) is 0 Å². The molecule has 3 aromatic carbocycles. The molecule has 4 rings (SSSR count).